The van der Waals surface area contributed by atoms with Crippen LogP contribution in [0.4, 0.5) is 10.1 Å². The molecule has 0 aromatic heterocycles. The molecule has 0 saturated heterocycles. The fraction of sp³-hybridized carbons (Fsp3) is 0.500. The Morgan fingerprint density at radius 2 is 1.52 bits per heavy atom. The molecule has 0 fully saturated rings. The van der Waals surface area contributed by atoms with Gasteiger partial charge < -0.3 is 0 Å². The van der Waals surface area contributed by atoms with Crippen molar-refractivity contribution in [2.24, 2.45) is 0 Å². The molecule has 2 atom stereocenters. The molecule has 5 heteroatoms. The molecule has 1 heterocycles. The van der Waals surface area contributed by atoms with Crippen molar-refractivity contribution in [3.05, 3.63) is 53.8 Å². The van der Waals surface area contributed by atoms with Gasteiger partial charge in [0, 0.05) is 0 Å². The van der Waals surface area contributed by atoms with Crippen LogP contribution in [0.2, 0.25) is 0 Å². The van der Waals surface area contributed by atoms with E-state index in [1.54, 1.807) is 12.1 Å². The Bertz CT molecular complexity index is 803. The number of benzene rings is 2. The molecule has 0 radical (unpaired) electrons. The molecule has 2 nitrogen and oxygen atoms in total. The summed E-state index contributed by atoms with van der Waals surface area (Å²) in [5, 5.41) is 1.47. The molecule has 0 bridgehead atoms. The van der Waals surface area contributed by atoms with Crippen LogP contribution < -0.4 is 14.3 Å². The normalized spacial score (nSPS) is 20.9. The van der Waals surface area contributed by atoms with Gasteiger partial charge in [0.2, 0.25) is 0 Å². The molecule has 0 spiro atoms. The maximum atomic E-state index is 13.7. The Hall–Kier alpha value is -1.01. The number of aryl methyl sites for hydroxylation is 1. The van der Waals surface area contributed by atoms with Gasteiger partial charge in [0.1, 0.15) is 0 Å². The van der Waals surface area contributed by atoms with Crippen molar-refractivity contribution in [1.82, 2.24) is 4.19 Å². The van der Waals surface area contributed by atoms with Crippen molar-refractivity contribution in [3.63, 3.8) is 0 Å². The third-order valence-electron chi connectivity index (χ3n) is 6.37. The van der Waals surface area contributed by atoms with Gasteiger partial charge in [0.05, 0.1) is 0 Å². The van der Waals surface area contributed by atoms with Gasteiger partial charge in [-0.3, -0.25) is 0 Å². The van der Waals surface area contributed by atoms with Crippen LogP contribution in [0.1, 0.15) is 64.9 Å². The van der Waals surface area contributed by atoms with E-state index in [0.717, 1.165) is 17.9 Å². The minimum absolute atomic E-state index is 0.194. The molecule has 160 valence electrons. The van der Waals surface area contributed by atoms with Crippen molar-refractivity contribution in [1.29, 1.82) is 0 Å². The van der Waals surface area contributed by atoms with Crippen molar-refractivity contribution in [3.8, 4) is 5.75 Å². The van der Waals surface area contributed by atoms with E-state index < -0.39 is 7.41 Å². The molecular weight excluding hydrogens is 399 g/mol. The van der Waals surface area contributed by atoms with Crippen LogP contribution in [-0.2, 0) is 6.42 Å². The first-order valence-electron chi connectivity index (χ1n) is 11.3. The summed E-state index contributed by atoms with van der Waals surface area (Å²) in [6.45, 7) is 6.78. The number of hydrogen-bond acceptors (Lipinski definition) is 1. The molecule has 2 aromatic carbocycles. The van der Waals surface area contributed by atoms with Crippen LogP contribution in [0, 0.1) is 5.82 Å². The second-order valence-corrected chi connectivity index (χ2v) is 13.9. The zero-order valence-corrected chi connectivity index (χ0v) is 20.4. The van der Waals surface area contributed by atoms with E-state index in [4.69, 9.17) is 4.84 Å². The van der Waals surface area contributed by atoms with E-state index in [-0.39, 0.29) is 5.82 Å². The molecule has 0 aliphatic carbocycles. The molecule has 0 saturated carbocycles. The first-order valence-corrected chi connectivity index (χ1v) is 14.2. The number of unbranched alkanes of at least 4 members (excludes halogenated alkanes) is 3. The van der Waals surface area contributed by atoms with Crippen molar-refractivity contribution in [2.75, 3.05) is 12.3 Å². The van der Waals surface area contributed by atoms with Gasteiger partial charge in [0.15, 0.2) is 0 Å². The second kappa shape index (κ2) is 9.86. The van der Waals surface area contributed by atoms with Crippen molar-refractivity contribution >= 4 is 27.8 Å². The number of quaternary nitrogens is 1. The zero-order chi connectivity index (χ0) is 20.9. The SMILES string of the molecule is CCCCc1cccc2c1O[N+](P)(c1ccc(F)cc1)[PH]2(CCCC)CCCC. The summed E-state index contributed by atoms with van der Waals surface area (Å²) in [4.78, 5) is 6.90. The summed E-state index contributed by atoms with van der Waals surface area (Å²) in [6.07, 6.45) is 10.5. The van der Waals surface area contributed by atoms with E-state index in [0.29, 0.717) is 4.19 Å². The van der Waals surface area contributed by atoms with Crippen LogP contribution in [0.5, 0.6) is 5.75 Å². The van der Waals surface area contributed by atoms with Gasteiger partial charge in [-0.15, -0.1) is 0 Å². The first kappa shape index (κ1) is 22.7. The van der Waals surface area contributed by atoms with E-state index in [1.165, 1.54) is 61.7 Å². The van der Waals surface area contributed by atoms with Crippen LogP contribution in [0.25, 0.3) is 0 Å². The summed E-state index contributed by atoms with van der Waals surface area (Å²) in [7, 11) is 0.948. The third-order valence-corrected chi connectivity index (χ3v) is 13.6. The first-order chi connectivity index (χ1) is 14.0. The number of nitrogens with zero attached hydrogens (tertiary/aromatic N) is 1. The topological polar surface area (TPSA) is 9.23 Å². The number of hydrogen-bond donors (Lipinski definition) is 0. The van der Waals surface area contributed by atoms with E-state index >= 15 is 0 Å². The number of rotatable bonds is 10. The Morgan fingerprint density at radius 1 is 0.897 bits per heavy atom. The van der Waals surface area contributed by atoms with Crippen LogP contribution in [0.15, 0.2) is 42.5 Å². The molecule has 0 N–H and O–H groups in total. The van der Waals surface area contributed by atoms with E-state index in [2.05, 4.69) is 48.4 Å². The Kier molecular flexibility index (Phi) is 7.71. The van der Waals surface area contributed by atoms with Crippen molar-refractivity contribution < 1.29 is 9.23 Å². The molecule has 0 amide bonds. The van der Waals surface area contributed by atoms with E-state index in [9.17, 15) is 4.39 Å². The minimum atomic E-state index is -2.12. The summed E-state index contributed by atoms with van der Waals surface area (Å²) < 4.78 is 14.2. The standard InChI is InChI=1S/C24H37FNOP2/c1-4-7-11-20-12-10-13-23-24(20)27-26(28,22-16-14-21(25)15-17-22)29(23,18-8-5-2)19-9-6-3/h10,12-17,29H,4-9,11,18-19,28H2,1-3H3/q+1. The summed E-state index contributed by atoms with van der Waals surface area (Å²) in [5.41, 5.74) is 2.38. The second-order valence-electron chi connectivity index (χ2n) is 8.36. The zero-order valence-electron chi connectivity index (χ0n) is 18.2. The van der Waals surface area contributed by atoms with Crippen LogP contribution in [0.3, 0.4) is 0 Å². The molecule has 3 rings (SSSR count). The van der Waals surface area contributed by atoms with Gasteiger partial charge in [-0.05, 0) is 0 Å². The fourth-order valence-corrected chi connectivity index (χ4v) is 11.8. The Balaban J connectivity index is 2.18. The van der Waals surface area contributed by atoms with Crippen molar-refractivity contribution in [2.45, 2.75) is 65.7 Å². The summed E-state index contributed by atoms with van der Waals surface area (Å²) in [6, 6.07) is 13.8. The maximum absolute atomic E-state index is 13.7. The Morgan fingerprint density at radius 3 is 2.10 bits per heavy atom. The van der Waals surface area contributed by atoms with Gasteiger partial charge in [-0.1, -0.05) is 0 Å². The number of fused-ring (bicyclic) bond motifs is 1. The monoisotopic (exact) mass is 436 g/mol. The van der Waals surface area contributed by atoms with Gasteiger partial charge in [0.25, 0.3) is 0 Å². The van der Waals surface area contributed by atoms with Gasteiger partial charge in [-0.25, -0.2) is 0 Å². The predicted molar refractivity (Wildman–Crippen MR) is 131 cm³/mol. The Labute approximate surface area is 179 Å². The fourth-order valence-electron chi connectivity index (χ4n) is 4.66. The summed E-state index contributed by atoms with van der Waals surface area (Å²) >= 11 is 0. The quantitative estimate of drug-likeness (QED) is 0.359. The number of halogens is 1. The molecule has 1 aliphatic heterocycles. The molecule has 2 unspecified atom stereocenters. The third kappa shape index (κ3) is 4.25. The van der Waals surface area contributed by atoms with Crippen LogP contribution >= 0.6 is 16.8 Å². The average molecular weight is 437 g/mol. The average Bonchev–Trinajstić information content (AvgIpc) is 2.99. The molecular formula is C24H37FNOP2+. The van der Waals surface area contributed by atoms with Gasteiger partial charge >= 0.3 is 179 Å². The molecule has 29 heavy (non-hydrogen) atoms. The summed E-state index contributed by atoms with van der Waals surface area (Å²) in [5.74, 6) is 0.916. The number of para-hydroxylation sites is 1. The van der Waals surface area contributed by atoms with Crippen LogP contribution in [-0.4, -0.2) is 12.3 Å². The molecule has 1 aliphatic rings. The van der Waals surface area contributed by atoms with Gasteiger partial charge in [-0.2, -0.15) is 0 Å². The van der Waals surface area contributed by atoms with E-state index in [1.807, 2.05) is 12.1 Å². The predicted octanol–water partition coefficient (Wildman–Crippen LogP) is 7.16. The molecule has 2 aromatic rings.